The first-order chi connectivity index (χ1) is 8.24. The maximum atomic E-state index is 5.38. The van der Waals surface area contributed by atoms with Gasteiger partial charge in [-0.2, -0.15) is 0 Å². The Morgan fingerprint density at radius 3 is 3.00 bits per heavy atom. The first kappa shape index (κ1) is 13.0. The Bertz CT molecular complexity index is 387. The number of pyridine rings is 1. The zero-order valence-corrected chi connectivity index (χ0v) is 12.3. The van der Waals surface area contributed by atoms with Gasteiger partial charge in [-0.1, -0.05) is 0 Å². The van der Waals surface area contributed by atoms with Gasteiger partial charge in [-0.25, -0.2) is 4.98 Å². The molecule has 1 fully saturated rings. The highest BCUT2D eigenvalue weighted by molar-refractivity contribution is 14.1. The monoisotopic (exact) mass is 348 g/mol. The SMILES string of the molecule is COc1nccc(I)c1CN1CC[C@H](OC)C1. The number of aromatic nitrogens is 1. The lowest BCUT2D eigenvalue weighted by Gasteiger charge is -2.18. The molecule has 0 spiro atoms. The lowest BCUT2D eigenvalue weighted by Crippen LogP contribution is -2.23. The van der Waals surface area contributed by atoms with Gasteiger partial charge in [-0.15, -0.1) is 0 Å². The number of methoxy groups -OCH3 is 2. The fourth-order valence-corrected chi connectivity index (χ4v) is 2.69. The second-order valence-electron chi connectivity index (χ2n) is 4.16. The molecule has 0 N–H and O–H groups in total. The average Bonchev–Trinajstić information content (AvgIpc) is 2.79. The summed E-state index contributed by atoms with van der Waals surface area (Å²) in [5.41, 5.74) is 1.17. The van der Waals surface area contributed by atoms with E-state index in [0.29, 0.717) is 6.10 Å². The zero-order chi connectivity index (χ0) is 12.3. The number of ether oxygens (including phenoxy) is 2. The topological polar surface area (TPSA) is 34.6 Å². The van der Waals surface area contributed by atoms with Crippen molar-refractivity contribution in [3.05, 3.63) is 21.4 Å². The molecule has 2 rings (SSSR count). The fourth-order valence-electron chi connectivity index (χ4n) is 2.13. The highest BCUT2D eigenvalue weighted by Crippen LogP contribution is 2.24. The molecule has 1 saturated heterocycles. The molecule has 1 aliphatic heterocycles. The van der Waals surface area contributed by atoms with Gasteiger partial charge >= 0.3 is 0 Å². The van der Waals surface area contributed by atoms with Crippen LogP contribution in [0.1, 0.15) is 12.0 Å². The van der Waals surface area contributed by atoms with Crippen molar-refractivity contribution in [1.82, 2.24) is 9.88 Å². The third-order valence-corrected chi connectivity index (χ3v) is 4.11. The Morgan fingerprint density at radius 1 is 1.53 bits per heavy atom. The van der Waals surface area contributed by atoms with Crippen LogP contribution in [0.2, 0.25) is 0 Å². The average molecular weight is 348 g/mol. The summed E-state index contributed by atoms with van der Waals surface area (Å²) in [5.74, 6) is 0.734. The summed E-state index contributed by atoms with van der Waals surface area (Å²) in [4.78, 5) is 6.64. The van der Waals surface area contributed by atoms with Gasteiger partial charge in [0.25, 0.3) is 0 Å². The quantitative estimate of drug-likeness (QED) is 0.779. The van der Waals surface area contributed by atoms with Gasteiger partial charge in [0.2, 0.25) is 5.88 Å². The van der Waals surface area contributed by atoms with E-state index in [1.54, 1.807) is 20.4 Å². The van der Waals surface area contributed by atoms with Crippen molar-refractivity contribution in [2.24, 2.45) is 0 Å². The zero-order valence-electron chi connectivity index (χ0n) is 10.1. The van der Waals surface area contributed by atoms with Crippen LogP contribution in [0.15, 0.2) is 12.3 Å². The molecular weight excluding hydrogens is 331 g/mol. The number of halogens is 1. The van der Waals surface area contributed by atoms with Crippen LogP contribution >= 0.6 is 22.6 Å². The van der Waals surface area contributed by atoms with Gasteiger partial charge < -0.3 is 9.47 Å². The molecule has 1 atom stereocenters. The van der Waals surface area contributed by atoms with Gasteiger partial charge in [0.1, 0.15) is 0 Å². The lowest BCUT2D eigenvalue weighted by molar-refractivity contribution is 0.107. The normalized spacial score (nSPS) is 20.8. The minimum absolute atomic E-state index is 0.371. The van der Waals surface area contributed by atoms with Crippen LogP contribution in [0, 0.1) is 3.57 Å². The van der Waals surface area contributed by atoms with E-state index in [9.17, 15) is 0 Å². The minimum Gasteiger partial charge on any atom is -0.481 e. The molecule has 17 heavy (non-hydrogen) atoms. The molecule has 0 aliphatic carbocycles. The summed E-state index contributed by atoms with van der Waals surface area (Å²) < 4.78 is 11.9. The molecule has 1 aromatic rings. The smallest absolute Gasteiger partial charge is 0.218 e. The molecule has 0 saturated carbocycles. The predicted octanol–water partition coefficient (Wildman–Crippen LogP) is 1.92. The second kappa shape index (κ2) is 5.97. The summed E-state index contributed by atoms with van der Waals surface area (Å²) in [6.07, 6.45) is 3.26. The van der Waals surface area contributed by atoms with E-state index in [2.05, 4.69) is 32.5 Å². The van der Waals surface area contributed by atoms with Gasteiger partial charge in [0.05, 0.1) is 13.2 Å². The Labute approximate surface area is 115 Å². The van der Waals surface area contributed by atoms with Gasteiger partial charge in [0, 0.05) is 42.1 Å². The number of hydrogen-bond acceptors (Lipinski definition) is 4. The van der Waals surface area contributed by atoms with Crippen molar-refractivity contribution in [2.75, 3.05) is 27.3 Å². The van der Waals surface area contributed by atoms with Crippen LogP contribution in [-0.2, 0) is 11.3 Å². The molecule has 94 valence electrons. The molecule has 5 heteroatoms. The first-order valence-corrected chi connectivity index (χ1v) is 6.75. The van der Waals surface area contributed by atoms with Crippen molar-refractivity contribution < 1.29 is 9.47 Å². The van der Waals surface area contributed by atoms with E-state index >= 15 is 0 Å². The first-order valence-electron chi connectivity index (χ1n) is 5.67. The highest BCUT2D eigenvalue weighted by Gasteiger charge is 2.23. The van der Waals surface area contributed by atoms with Gasteiger partial charge in [-0.05, 0) is 35.1 Å². The van der Waals surface area contributed by atoms with E-state index in [1.807, 2.05) is 6.07 Å². The molecule has 2 heterocycles. The highest BCUT2D eigenvalue weighted by atomic mass is 127. The third-order valence-electron chi connectivity index (χ3n) is 3.10. The van der Waals surface area contributed by atoms with E-state index in [-0.39, 0.29) is 0 Å². The fraction of sp³-hybridized carbons (Fsp3) is 0.583. The molecule has 4 nitrogen and oxygen atoms in total. The largest absolute Gasteiger partial charge is 0.481 e. The van der Waals surface area contributed by atoms with Crippen LogP contribution in [-0.4, -0.2) is 43.3 Å². The summed E-state index contributed by atoms with van der Waals surface area (Å²) in [7, 11) is 3.45. The van der Waals surface area contributed by atoms with E-state index in [1.165, 1.54) is 9.13 Å². The Morgan fingerprint density at radius 2 is 2.35 bits per heavy atom. The molecule has 1 aliphatic rings. The van der Waals surface area contributed by atoms with Crippen LogP contribution < -0.4 is 4.74 Å². The number of rotatable bonds is 4. The third kappa shape index (κ3) is 3.08. The second-order valence-corrected chi connectivity index (χ2v) is 5.32. The van der Waals surface area contributed by atoms with Crippen LogP contribution in [0.3, 0.4) is 0 Å². The Kier molecular flexibility index (Phi) is 4.58. The summed E-state index contributed by atoms with van der Waals surface area (Å²) in [6, 6.07) is 2.02. The van der Waals surface area contributed by atoms with E-state index < -0.39 is 0 Å². The van der Waals surface area contributed by atoms with Crippen molar-refractivity contribution in [1.29, 1.82) is 0 Å². The van der Waals surface area contributed by atoms with Crippen LogP contribution in [0.25, 0.3) is 0 Å². The van der Waals surface area contributed by atoms with Crippen LogP contribution in [0.4, 0.5) is 0 Å². The maximum absolute atomic E-state index is 5.38. The maximum Gasteiger partial charge on any atom is 0.218 e. The summed E-state index contributed by atoms with van der Waals surface area (Å²) >= 11 is 2.33. The molecule has 1 aromatic heterocycles. The summed E-state index contributed by atoms with van der Waals surface area (Å²) in [5, 5.41) is 0. The van der Waals surface area contributed by atoms with Gasteiger partial charge in [-0.3, -0.25) is 4.90 Å². The minimum atomic E-state index is 0.371. The molecule has 0 unspecified atom stereocenters. The van der Waals surface area contributed by atoms with Crippen LogP contribution in [0.5, 0.6) is 5.88 Å². The lowest BCUT2D eigenvalue weighted by atomic mass is 10.2. The number of hydrogen-bond donors (Lipinski definition) is 0. The van der Waals surface area contributed by atoms with Crippen molar-refractivity contribution >= 4 is 22.6 Å². The summed E-state index contributed by atoms with van der Waals surface area (Å²) in [6.45, 7) is 2.95. The van der Waals surface area contributed by atoms with Crippen molar-refractivity contribution in [2.45, 2.75) is 19.1 Å². The molecule has 0 radical (unpaired) electrons. The van der Waals surface area contributed by atoms with E-state index in [0.717, 1.165) is 31.9 Å². The molecule has 0 aromatic carbocycles. The van der Waals surface area contributed by atoms with Crippen molar-refractivity contribution in [3.63, 3.8) is 0 Å². The standard InChI is InChI=1S/C12H17IN2O2/c1-16-9-4-6-15(7-9)8-10-11(13)3-5-14-12(10)17-2/h3,5,9H,4,6-8H2,1-2H3/t9-/m0/s1. The number of nitrogens with zero attached hydrogens (tertiary/aromatic N) is 2. The predicted molar refractivity (Wildman–Crippen MR) is 74.2 cm³/mol. The van der Waals surface area contributed by atoms with E-state index in [4.69, 9.17) is 9.47 Å². The Balaban J connectivity index is 2.08. The Hall–Kier alpha value is -0.400. The van der Waals surface area contributed by atoms with Crippen molar-refractivity contribution in [3.8, 4) is 5.88 Å². The molecule has 0 bridgehead atoms. The van der Waals surface area contributed by atoms with Gasteiger partial charge in [0.15, 0.2) is 0 Å². The molecule has 0 amide bonds. The molecular formula is C12H17IN2O2. The number of likely N-dealkylation sites (tertiary alicyclic amines) is 1.